The largest absolute Gasteiger partial charge is 0.492 e. The Morgan fingerprint density at radius 2 is 2.16 bits per heavy atom. The first kappa shape index (κ1) is 14.4. The van der Waals surface area contributed by atoms with Crippen molar-refractivity contribution in [1.82, 2.24) is 0 Å². The molecule has 0 aromatic heterocycles. The van der Waals surface area contributed by atoms with Crippen LogP contribution in [0.3, 0.4) is 0 Å². The molecule has 2 rings (SSSR count). The summed E-state index contributed by atoms with van der Waals surface area (Å²) in [4.78, 5) is 0. The number of ether oxygens (including phenoxy) is 1. The van der Waals surface area contributed by atoms with Gasteiger partial charge in [0.2, 0.25) is 0 Å². The summed E-state index contributed by atoms with van der Waals surface area (Å²) in [5.74, 6) is 0.781. The first-order valence-electron chi connectivity index (χ1n) is 7.07. The van der Waals surface area contributed by atoms with Crippen molar-refractivity contribution in [2.75, 3.05) is 23.9 Å². The Kier molecular flexibility index (Phi) is 5.25. The van der Waals surface area contributed by atoms with Crippen molar-refractivity contribution in [1.29, 1.82) is 0 Å². The van der Waals surface area contributed by atoms with Crippen molar-refractivity contribution < 1.29 is 4.74 Å². The second kappa shape index (κ2) is 6.94. The minimum Gasteiger partial charge on any atom is -0.492 e. The van der Waals surface area contributed by atoms with E-state index in [1.165, 1.54) is 25.7 Å². The maximum atomic E-state index is 6.18. The van der Waals surface area contributed by atoms with E-state index in [0.717, 1.165) is 17.1 Å². The van der Waals surface area contributed by atoms with Gasteiger partial charge in [0.15, 0.2) is 0 Å². The van der Waals surface area contributed by atoms with Gasteiger partial charge in [0.1, 0.15) is 5.75 Å². The van der Waals surface area contributed by atoms with Gasteiger partial charge in [0, 0.05) is 11.3 Å². The van der Waals surface area contributed by atoms with Crippen LogP contribution in [0.1, 0.15) is 32.6 Å². The molecule has 2 atom stereocenters. The standard InChI is InChI=1S/C15H24N2OS/c1-3-18-13-9-6-8-12(15(13)16)17-11-7-4-5-10-14(11)19-2/h6,8-9,11,14,17H,3-5,7,10,16H2,1-2H3. The van der Waals surface area contributed by atoms with Gasteiger partial charge in [-0.3, -0.25) is 0 Å². The third-order valence-corrected chi connectivity index (χ3v) is 4.88. The van der Waals surface area contributed by atoms with Crippen LogP contribution in [-0.4, -0.2) is 24.2 Å². The zero-order chi connectivity index (χ0) is 13.7. The molecule has 4 heteroatoms. The third-order valence-electron chi connectivity index (χ3n) is 3.71. The van der Waals surface area contributed by atoms with E-state index >= 15 is 0 Å². The summed E-state index contributed by atoms with van der Waals surface area (Å²) in [6, 6.07) is 6.49. The molecule has 0 radical (unpaired) electrons. The molecule has 0 amide bonds. The Morgan fingerprint density at radius 3 is 2.89 bits per heavy atom. The third kappa shape index (κ3) is 3.50. The van der Waals surface area contributed by atoms with Gasteiger partial charge < -0.3 is 15.8 Å². The van der Waals surface area contributed by atoms with Crippen LogP contribution in [0.4, 0.5) is 11.4 Å². The van der Waals surface area contributed by atoms with Gasteiger partial charge in [-0.05, 0) is 38.2 Å². The Morgan fingerprint density at radius 1 is 1.37 bits per heavy atom. The molecular formula is C15H24N2OS. The van der Waals surface area contributed by atoms with Crippen LogP contribution < -0.4 is 15.8 Å². The molecule has 1 aliphatic carbocycles. The van der Waals surface area contributed by atoms with E-state index in [0.29, 0.717) is 17.9 Å². The number of nitrogens with two attached hydrogens (primary N) is 1. The lowest BCUT2D eigenvalue weighted by Crippen LogP contribution is -2.34. The van der Waals surface area contributed by atoms with Gasteiger partial charge in [0.05, 0.1) is 18.0 Å². The maximum Gasteiger partial charge on any atom is 0.144 e. The van der Waals surface area contributed by atoms with Gasteiger partial charge in [-0.2, -0.15) is 11.8 Å². The van der Waals surface area contributed by atoms with Gasteiger partial charge in [0.25, 0.3) is 0 Å². The van der Waals surface area contributed by atoms with E-state index in [1.54, 1.807) is 0 Å². The highest BCUT2D eigenvalue weighted by molar-refractivity contribution is 7.99. The van der Waals surface area contributed by atoms with Crippen LogP contribution in [0.5, 0.6) is 5.75 Å². The minimum atomic E-state index is 0.517. The molecule has 0 heterocycles. The van der Waals surface area contributed by atoms with Crippen molar-refractivity contribution >= 4 is 23.1 Å². The number of nitrogens with one attached hydrogen (secondary N) is 1. The van der Waals surface area contributed by atoms with Crippen molar-refractivity contribution in [2.24, 2.45) is 0 Å². The second-order valence-corrected chi connectivity index (χ2v) is 6.04. The fraction of sp³-hybridized carbons (Fsp3) is 0.600. The van der Waals surface area contributed by atoms with Gasteiger partial charge in [-0.25, -0.2) is 0 Å². The van der Waals surface area contributed by atoms with Crippen LogP contribution in [0.25, 0.3) is 0 Å². The molecule has 3 nitrogen and oxygen atoms in total. The maximum absolute atomic E-state index is 6.18. The van der Waals surface area contributed by atoms with E-state index in [2.05, 4.69) is 11.6 Å². The number of hydrogen-bond acceptors (Lipinski definition) is 4. The Balaban J connectivity index is 2.11. The molecule has 106 valence electrons. The number of hydrogen-bond donors (Lipinski definition) is 2. The Hall–Kier alpha value is -1.03. The number of anilines is 2. The molecule has 3 N–H and O–H groups in total. The topological polar surface area (TPSA) is 47.3 Å². The number of para-hydroxylation sites is 1. The quantitative estimate of drug-likeness (QED) is 0.806. The van der Waals surface area contributed by atoms with Crippen LogP contribution in [0.2, 0.25) is 0 Å². The summed E-state index contributed by atoms with van der Waals surface area (Å²) in [6.45, 7) is 2.62. The van der Waals surface area contributed by atoms with E-state index in [1.807, 2.05) is 36.9 Å². The van der Waals surface area contributed by atoms with E-state index in [4.69, 9.17) is 10.5 Å². The van der Waals surface area contributed by atoms with E-state index < -0.39 is 0 Å². The lowest BCUT2D eigenvalue weighted by Gasteiger charge is -2.32. The van der Waals surface area contributed by atoms with Crippen molar-refractivity contribution in [3.8, 4) is 5.75 Å². The normalized spacial score (nSPS) is 23.1. The Labute approximate surface area is 120 Å². The molecular weight excluding hydrogens is 256 g/mol. The minimum absolute atomic E-state index is 0.517. The summed E-state index contributed by atoms with van der Waals surface area (Å²) >= 11 is 1.96. The fourth-order valence-corrected chi connectivity index (χ4v) is 3.63. The summed E-state index contributed by atoms with van der Waals surface area (Å²) in [5, 5.41) is 4.31. The number of rotatable bonds is 5. The smallest absolute Gasteiger partial charge is 0.144 e. The lowest BCUT2D eigenvalue weighted by atomic mass is 9.94. The first-order valence-corrected chi connectivity index (χ1v) is 8.35. The molecule has 0 bridgehead atoms. The predicted molar refractivity (Wildman–Crippen MR) is 85.2 cm³/mol. The van der Waals surface area contributed by atoms with Crippen LogP contribution >= 0.6 is 11.8 Å². The first-order chi connectivity index (χ1) is 9.26. The SMILES string of the molecule is CCOc1cccc(NC2CCCCC2SC)c1N. The zero-order valence-electron chi connectivity index (χ0n) is 11.8. The van der Waals surface area contributed by atoms with Gasteiger partial charge in [-0.15, -0.1) is 0 Å². The van der Waals surface area contributed by atoms with Crippen LogP contribution in [0.15, 0.2) is 18.2 Å². The molecule has 19 heavy (non-hydrogen) atoms. The number of benzene rings is 1. The molecule has 1 aromatic rings. The van der Waals surface area contributed by atoms with Gasteiger partial charge in [-0.1, -0.05) is 18.9 Å². The molecule has 2 unspecified atom stereocenters. The zero-order valence-corrected chi connectivity index (χ0v) is 12.6. The molecule has 0 saturated heterocycles. The second-order valence-electron chi connectivity index (χ2n) is 4.96. The highest BCUT2D eigenvalue weighted by Gasteiger charge is 2.24. The summed E-state index contributed by atoms with van der Waals surface area (Å²) in [6.07, 6.45) is 7.37. The summed E-state index contributed by atoms with van der Waals surface area (Å²) < 4.78 is 5.55. The molecule has 1 aliphatic rings. The molecule has 1 fully saturated rings. The van der Waals surface area contributed by atoms with Crippen LogP contribution in [0, 0.1) is 0 Å². The summed E-state index contributed by atoms with van der Waals surface area (Å²) in [7, 11) is 0. The predicted octanol–water partition coefficient (Wildman–Crippen LogP) is 3.75. The van der Waals surface area contributed by atoms with Gasteiger partial charge >= 0.3 is 0 Å². The average molecular weight is 280 g/mol. The Bertz CT molecular complexity index is 411. The molecule has 0 spiro atoms. The highest BCUT2D eigenvalue weighted by atomic mass is 32.2. The van der Waals surface area contributed by atoms with Crippen molar-refractivity contribution in [3.63, 3.8) is 0 Å². The van der Waals surface area contributed by atoms with E-state index in [-0.39, 0.29) is 0 Å². The monoisotopic (exact) mass is 280 g/mol. The number of thioether (sulfide) groups is 1. The molecule has 1 aromatic carbocycles. The van der Waals surface area contributed by atoms with Crippen molar-refractivity contribution in [3.05, 3.63) is 18.2 Å². The molecule has 0 aliphatic heterocycles. The molecule has 1 saturated carbocycles. The highest BCUT2D eigenvalue weighted by Crippen LogP contribution is 2.34. The van der Waals surface area contributed by atoms with Crippen LogP contribution in [-0.2, 0) is 0 Å². The van der Waals surface area contributed by atoms with Crippen molar-refractivity contribution in [2.45, 2.75) is 43.9 Å². The average Bonchev–Trinajstić information content (AvgIpc) is 2.44. The summed E-state index contributed by atoms with van der Waals surface area (Å²) in [5.41, 5.74) is 7.92. The lowest BCUT2D eigenvalue weighted by molar-refractivity contribution is 0.342. The number of nitrogen functional groups attached to an aromatic ring is 1. The fourth-order valence-electron chi connectivity index (χ4n) is 2.70. The van der Waals surface area contributed by atoms with E-state index in [9.17, 15) is 0 Å².